The van der Waals surface area contributed by atoms with Gasteiger partial charge in [-0.1, -0.05) is 0 Å². The van der Waals surface area contributed by atoms with Gasteiger partial charge in [-0.25, -0.2) is 0 Å². The maximum absolute atomic E-state index is 5.92. The van der Waals surface area contributed by atoms with Crippen molar-refractivity contribution in [2.45, 2.75) is 44.6 Å². The lowest BCUT2D eigenvalue weighted by atomic mass is 9.86. The van der Waals surface area contributed by atoms with Gasteiger partial charge in [-0.15, -0.1) is 0 Å². The van der Waals surface area contributed by atoms with Crippen molar-refractivity contribution < 1.29 is 0 Å². The molecule has 2 rings (SSSR count). The Kier molecular flexibility index (Phi) is 5.26. The minimum absolute atomic E-state index is 0.486. The molecule has 0 radical (unpaired) electrons. The Labute approximate surface area is 106 Å². The molecule has 1 saturated heterocycles. The van der Waals surface area contributed by atoms with Crippen molar-refractivity contribution in [1.82, 2.24) is 10.2 Å². The van der Waals surface area contributed by atoms with Crippen molar-refractivity contribution >= 4 is 0 Å². The molecule has 0 aromatic carbocycles. The Morgan fingerprint density at radius 3 is 2.53 bits per heavy atom. The highest BCUT2D eigenvalue weighted by Gasteiger charge is 2.20. The zero-order valence-electron chi connectivity index (χ0n) is 11.3. The summed E-state index contributed by atoms with van der Waals surface area (Å²) in [6.45, 7) is 5.03. The van der Waals surface area contributed by atoms with Gasteiger partial charge in [0.2, 0.25) is 0 Å². The molecule has 2 fully saturated rings. The fraction of sp³-hybridized carbons (Fsp3) is 1.00. The van der Waals surface area contributed by atoms with E-state index in [0.29, 0.717) is 6.04 Å². The van der Waals surface area contributed by atoms with E-state index in [1.165, 1.54) is 64.7 Å². The molecule has 3 nitrogen and oxygen atoms in total. The number of hydrogen-bond acceptors (Lipinski definition) is 3. The van der Waals surface area contributed by atoms with E-state index >= 15 is 0 Å². The third-order valence-corrected chi connectivity index (χ3v) is 4.54. The lowest BCUT2D eigenvalue weighted by molar-refractivity contribution is 0.310. The van der Waals surface area contributed by atoms with Crippen molar-refractivity contribution in [3.8, 4) is 0 Å². The highest BCUT2D eigenvalue weighted by molar-refractivity contribution is 4.77. The topological polar surface area (TPSA) is 41.3 Å². The lowest BCUT2D eigenvalue weighted by Gasteiger charge is -2.26. The summed E-state index contributed by atoms with van der Waals surface area (Å²) in [7, 11) is 2.23. The van der Waals surface area contributed by atoms with Gasteiger partial charge < -0.3 is 16.0 Å². The van der Waals surface area contributed by atoms with Gasteiger partial charge in [0.15, 0.2) is 0 Å². The van der Waals surface area contributed by atoms with Crippen LogP contribution >= 0.6 is 0 Å². The van der Waals surface area contributed by atoms with Crippen LogP contribution in [0.15, 0.2) is 0 Å². The smallest absolute Gasteiger partial charge is 0.00390 e. The standard InChI is InChI=1S/C14H29N3/c1-17-9-7-13(11-17)6-8-16-10-12-2-4-14(15)5-3-12/h12-14,16H,2-11,15H2,1H3. The van der Waals surface area contributed by atoms with Crippen molar-refractivity contribution in [3.05, 3.63) is 0 Å². The third kappa shape index (κ3) is 4.57. The maximum atomic E-state index is 5.92. The molecule has 1 aliphatic heterocycles. The number of nitrogens with two attached hydrogens (primary N) is 1. The quantitative estimate of drug-likeness (QED) is 0.713. The first kappa shape index (κ1) is 13.3. The summed E-state index contributed by atoms with van der Waals surface area (Å²) in [5, 5.41) is 3.65. The SMILES string of the molecule is CN1CCC(CCNCC2CCC(N)CC2)C1. The number of hydrogen-bond donors (Lipinski definition) is 2. The Morgan fingerprint density at radius 2 is 1.88 bits per heavy atom. The summed E-state index contributed by atoms with van der Waals surface area (Å²) >= 11 is 0. The van der Waals surface area contributed by atoms with E-state index in [1.54, 1.807) is 0 Å². The minimum atomic E-state index is 0.486. The van der Waals surface area contributed by atoms with E-state index in [0.717, 1.165) is 11.8 Å². The van der Waals surface area contributed by atoms with Crippen LogP contribution in [0.4, 0.5) is 0 Å². The average Bonchev–Trinajstić information content (AvgIpc) is 2.73. The van der Waals surface area contributed by atoms with Crippen molar-refractivity contribution in [3.63, 3.8) is 0 Å². The van der Waals surface area contributed by atoms with Crippen LogP contribution in [0.2, 0.25) is 0 Å². The summed E-state index contributed by atoms with van der Waals surface area (Å²) in [6.07, 6.45) is 7.90. The number of likely N-dealkylation sites (tertiary alicyclic amines) is 1. The molecular formula is C14H29N3. The fourth-order valence-corrected chi connectivity index (χ4v) is 3.27. The number of nitrogens with zero attached hydrogens (tertiary/aromatic N) is 1. The Hall–Kier alpha value is -0.120. The van der Waals surface area contributed by atoms with E-state index in [4.69, 9.17) is 5.73 Å². The van der Waals surface area contributed by atoms with Crippen LogP contribution in [0.25, 0.3) is 0 Å². The van der Waals surface area contributed by atoms with E-state index in [-0.39, 0.29) is 0 Å². The molecule has 1 unspecified atom stereocenters. The van der Waals surface area contributed by atoms with Crippen LogP contribution in [0.5, 0.6) is 0 Å². The van der Waals surface area contributed by atoms with Gasteiger partial charge in [-0.05, 0) is 77.0 Å². The van der Waals surface area contributed by atoms with Gasteiger partial charge >= 0.3 is 0 Å². The molecule has 1 heterocycles. The van der Waals surface area contributed by atoms with Gasteiger partial charge in [0.05, 0.1) is 0 Å². The van der Waals surface area contributed by atoms with Gasteiger partial charge in [-0.3, -0.25) is 0 Å². The Bertz CT molecular complexity index is 212. The number of nitrogens with one attached hydrogen (secondary N) is 1. The molecule has 100 valence electrons. The molecule has 17 heavy (non-hydrogen) atoms. The molecule has 1 saturated carbocycles. The van der Waals surface area contributed by atoms with Crippen LogP contribution in [-0.2, 0) is 0 Å². The summed E-state index contributed by atoms with van der Waals surface area (Å²) in [6, 6.07) is 0.486. The molecule has 0 spiro atoms. The second kappa shape index (κ2) is 6.72. The summed E-state index contributed by atoms with van der Waals surface area (Å²) in [5.41, 5.74) is 5.92. The van der Waals surface area contributed by atoms with Gasteiger partial charge in [-0.2, -0.15) is 0 Å². The van der Waals surface area contributed by atoms with Crippen molar-refractivity contribution in [1.29, 1.82) is 0 Å². The molecule has 0 aromatic rings. The van der Waals surface area contributed by atoms with Gasteiger partial charge in [0.1, 0.15) is 0 Å². The first-order valence-corrected chi connectivity index (χ1v) is 7.39. The average molecular weight is 239 g/mol. The number of rotatable bonds is 5. The first-order chi connectivity index (χ1) is 8.24. The lowest BCUT2D eigenvalue weighted by Crippen LogP contribution is -2.32. The zero-order valence-corrected chi connectivity index (χ0v) is 11.3. The summed E-state index contributed by atoms with van der Waals surface area (Å²) in [5.74, 6) is 1.83. The van der Waals surface area contributed by atoms with Crippen LogP contribution in [0.1, 0.15) is 38.5 Å². The minimum Gasteiger partial charge on any atom is -0.328 e. The van der Waals surface area contributed by atoms with Crippen LogP contribution in [0, 0.1) is 11.8 Å². The molecule has 0 bridgehead atoms. The molecule has 3 N–H and O–H groups in total. The van der Waals surface area contributed by atoms with E-state index < -0.39 is 0 Å². The predicted octanol–water partition coefficient (Wildman–Crippen LogP) is 1.44. The second-order valence-corrected chi connectivity index (χ2v) is 6.19. The van der Waals surface area contributed by atoms with Crippen molar-refractivity contribution in [2.75, 3.05) is 33.2 Å². The van der Waals surface area contributed by atoms with E-state index in [1.807, 2.05) is 0 Å². The van der Waals surface area contributed by atoms with E-state index in [9.17, 15) is 0 Å². The predicted molar refractivity (Wildman–Crippen MR) is 73.0 cm³/mol. The van der Waals surface area contributed by atoms with Crippen LogP contribution in [-0.4, -0.2) is 44.2 Å². The molecule has 1 aliphatic carbocycles. The molecule has 1 atom stereocenters. The normalized spacial score (nSPS) is 35.3. The molecule has 0 amide bonds. The zero-order chi connectivity index (χ0) is 12.1. The van der Waals surface area contributed by atoms with Gasteiger partial charge in [0, 0.05) is 12.6 Å². The highest BCUT2D eigenvalue weighted by Crippen LogP contribution is 2.22. The third-order valence-electron chi connectivity index (χ3n) is 4.54. The highest BCUT2D eigenvalue weighted by atomic mass is 15.1. The van der Waals surface area contributed by atoms with Gasteiger partial charge in [0.25, 0.3) is 0 Å². The maximum Gasteiger partial charge on any atom is 0.00390 e. The van der Waals surface area contributed by atoms with Crippen LogP contribution in [0.3, 0.4) is 0 Å². The Balaban J connectivity index is 1.49. The molecular weight excluding hydrogens is 210 g/mol. The fourth-order valence-electron chi connectivity index (χ4n) is 3.27. The second-order valence-electron chi connectivity index (χ2n) is 6.19. The molecule has 2 aliphatic rings. The van der Waals surface area contributed by atoms with E-state index in [2.05, 4.69) is 17.3 Å². The monoisotopic (exact) mass is 239 g/mol. The first-order valence-electron chi connectivity index (χ1n) is 7.39. The summed E-state index contributed by atoms with van der Waals surface area (Å²) in [4.78, 5) is 2.45. The largest absolute Gasteiger partial charge is 0.328 e. The summed E-state index contributed by atoms with van der Waals surface area (Å²) < 4.78 is 0. The molecule has 3 heteroatoms. The Morgan fingerprint density at radius 1 is 1.12 bits per heavy atom. The van der Waals surface area contributed by atoms with Crippen molar-refractivity contribution in [2.24, 2.45) is 17.6 Å². The van der Waals surface area contributed by atoms with Crippen LogP contribution < -0.4 is 11.1 Å². The molecule has 0 aromatic heterocycles.